The summed E-state index contributed by atoms with van der Waals surface area (Å²) >= 11 is 0. The van der Waals surface area contributed by atoms with Crippen molar-refractivity contribution in [1.29, 1.82) is 0 Å². The fourth-order valence-corrected chi connectivity index (χ4v) is 4.13. The predicted octanol–water partition coefficient (Wildman–Crippen LogP) is 4.94. The summed E-state index contributed by atoms with van der Waals surface area (Å²) in [5.74, 6) is -0.801. The van der Waals surface area contributed by atoms with Crippen LogP contribution in [0.5, 0.6) is 0 Å². The van der Waals surface area contributed by atoms with Gasteiger partial charge in [-0.3, -0.25) is 4.72 Å². The normalized spacial score (nSPS) is 11.5. The van der Waals surface area contributed by atoms with Crippen LogP contribution in [0, 0.1) is 0 Å². The molecule has 2 N–H and O–H groups in total. The summed E-state index contributed by atoms with van der Waals surface area (Å²) < 4.78 is 28.5. The minimum Gasteiger partial charge on any atom is -0.478 e. The zero-order valence-electron chi connectivity index (χ0n) is 17.5. The van der Waals surface area contributed by atoms with Crippen LogP contribution in [-0.2, 0) is 10.0 Å². The van der Waals surface area contributed by atoms with E-state index in [1.807, 2.05) is 20.8 Å². The van der Waals surface area contributed by atoms with E-state index in [4.69, 9.17) is 0 Å². The number of carboxylic acids is 1. The average molecular weight is 419 g/mol. The monoisotopic (exact) mass is 418 g/mol. The van der Waals surface area contributed by atoms with E-state index < -0.39 is 16.0 Å². The molecule has 0 radical (unpaired) electrons. The lowest BCUT2D eigenvalue weighted by molar-refractivity contribution is 0.0697. The topological polar surface area (TPSA) is 86.7 Å². The molecule has 0 amide bonds. The SMILES string of the molecule is CCCCN(CC)c1ccc(C(=O)O)cc1NS(=O)(=O)c1ccc(C(C)C)cc1. The second-order valence-corrected chi connectivity index (χ2v) is 8.98. The van der Waals surface area contributed by atoms with Crippen LogP contribution < -0.4 is 9.62 Å². The van der Waals surface area contributed by atoms with Crippen LogP contribution in [-0.4, -0.2) is 32.6 Å². The highest BCUT2D eigenvalue weighted by molar-refractivity contribution is 7.92. The molecule has 7 heteroatoms. The third-order valence-corrected chi connectivity index (χ3v) is 6.23. The Morgan fingerprint density at radius 3 is 2.28 bits per heavy atom. The van der Waals surface area contributed by atoms with Crippen molar-refractivity contribution >= 4 is 27.4 Å². The Morgan fingerprint density at radius 2 is 1.76 bits per heavy atom. The maximum atomic E-state index is 13.0. The first-order chi connectivity index (χ1) is 13.7. The van der Waals surface area contributed by atoms with Crippen molar-refractivity contribution in [3.63, 3.8) is 0 Å². The first kappa shape index (κ1) is 22.7. The van der Waals surface area contributed by atoms with Gasteiger partial charge in [0.25, 0.3) is 10.0 Å². The summed E-state index contributed by atoms with van der Waals surface area (Å²) in [6.45, 7) is 9.61. The molecule has 2 aromatic rings. The van der Waals surface area contributed by atoms with Crippen LogP contribution in [0.15, 0.2) is 47.4 Å². The first-order valence-electron chi connectivity index (χ1n) is 9.94. The summed E-state index contributed by atoms with van der Waals surface area (Å²) in [5, 5.41) is 9.34. The molecule has 6 nitrogen and oxygen atoms in total. The van der Waals surface area contributed by atoms with Crippen molar-refractivity contribution in [2.45, 2.75) is 51.3 Å². The number of anilines is 2. The molecule has 0 unspecified atom stereocenters. The molecule has 0 saturated carbocycles. The summed E-state index contributed by atoms with van der Waals surface area (Å²) in [4.78, 5) is 13.6. The standard InChI is InChI=1S/C22H30N2O4S/c1-5-7-14-24(6-2)21-13-10-18(22(25)26)15-20(21)23-29(27,28)19-11-8-17(9-12-19)16(3)4/h8-13,15-16,23H,5-7,14H2,1-4H3,(H,25,26). The number of nitrogens with zero attached hydrogens (tertiary/aromatic N) is 1. The van der Waals surface area contributed by atoms with Crippen molar-refractivity contribution < 1.29 is 18.3 Å². The molecule has 0 spiro atoms. The van der Waals surface area contributed by atoms with Gasteiger partial charge in [0.1, 0.15) is 0 Å². The molecule has 2 rings (SSSR count). The third-order valence-electron chi connectivity index (χ3n) is 4.85. The minimum absolute atomic E-state index is 0.0353. The predicted molar refractivity (Wildman–Crippen MR) is 118 cm³/mol. The van der Waals surface area contributed by atoms with Gasteiger partial charge in [-0.1, -0.05) is 39.3 Å². The van der Waals surface area contributed by atoms with E-state index in [2.05, 4.69) is 16.5 Å². The van der Waals surface area contributed by atoms with Gasteiger partial charge >= 0.3 is 5.97 Å². The zero-order valence-corrected chi connectivity index (χ0v) is 18.3. The number of carbonyl (C=O) groups is 1. The van der Waals surface area contributed by atoms with Gasteiger partial charge in [0.05, 0.1) is 21.8 Å². The molecule has 29 heavy (non-hydrogen) atoms. The van der Waals surface area contributed by atoms with Crippen molar-refractivity contribution in [2.75, 3.05) is 22.7 Å². The van der Waals surface area contributed by atoms with Gasteiger partial charge in [-0.05, 0) is 55.2 Å². The van der Waals surface area contributed by atoms with Crippen LogP contribution in [0.2, 0.25) is 0 Å². The molecule has 0 bridgehead atoms. The molecule has 0 saturated heterocycles. The Bertz CT molecular complexity index is 938. The lowest BCUT2D eigenvalue weighted by Crippen LogP contribution is -2.26. The zero-order chi connectivity index (χ0) is 21.6. The molecule has 0 aliphatic carbocycles. The smallest absolute Gasteiger partial charge is 0.335 e. The number of carboxylic acid groups (broad SMARTS) is 1. The average Bonchev–Trinajstić information content (AvgIpc) is 2.69. The van der Waals surface area contributed by atoms with Gasteiger partial charge in [-0.25, -0.2) is 13.2 Å². The maximum absolute atomic E-state index is 13.0. The lowest BCUT2D eigenvalue weighted by Gasteiger charge is -2.26. The Hall–Kier alpha value is -2.54. The van der Waals surface area contributed by atoms with E-state index in [1.54, 1.807) is 30.3 Å². The molecule has 0 atom stereocenters. The van der Waals surface area contributed by atoms with Gasteiger partial charge < -0.3 is 10.0 Å². The summed E-state index contributed by atoms with van der Waals surface area (Å²) in [5.41, 5.74) is 2.03. The van der Waals surface area contributed by atoms with Crippen molar-refractivity contribution in [3.05, 3.63) is 53.6 Å². The Labute approximate surface area is 173 Å². The second-order valence-electron chi connectivity index (χ2n) is 7.30. The highest BCUT2D eigenvalue weighted by Gasteiger charge is 2.20. The Morgan fingerprint density at radius 1 is 1.10 bits per heavy atom. The largest absolute Gasteiger partial charge is 0.478 e. The number of nitrogens with one attached hydrogen (secondary N) is 1. The molecule has 0 aromatic heterocycles. The number of rotatable bonds is 10. The molecule has 0 aliphatic rings. The molecule has 2 aromatic carbocycles. The lowest BCUT2D eigenvalue weighted by atomic mass is 10.0. The highest BCUT2D eigenvalue weighted by Crippen LogP contribution is 2.30. The van der Waals surface area contributed by atoms with Crippen LogP contribution >= 0.6 is 0 Å². The fourth-order valence-electron chi connectivity index (χ4n) is 3.06. The molecular formula is C22H30N2O4S. The summed E-state index contributed by atoms with van der Waals surface area (Å²) in [6, 6.07) is 11.3. The van der Waals surface area contributed by atoms with Crippen LogP contribution in [0.1, 0.15) is 62.4 Å². The number of benzene rings is 2. The van der Waals surface area contributed by atoms with Crippen LogP contribution in [0.4, 0.5) is 11.4 Å². The Kier molecular flexibility index (Phi) is 7.67. The van der Waals surface area contributed by atoms with Crippen molar-refractivity contribution in [3.8, 4) is 0 Å². The van der Waals surface area contributed by atoms with E-state index in [0.717, 1.165) is 24.9 Å². The number of unbranched alkanes of at least 4 members (excludes halogenated alkanes) is 1. The number of sulfonamides is 1. The summed E-state index contributed by atoms with van der Waals surface area (Å²) in [7, 11) is -3.85. The van der Waals surface area contributed by atoms with Crippen molar-refractivity contribution in [1.82, 2.24) is 0 Å². The van der Waals surface area contributed by atoms with E-state index in [9.17, 15) is 18.3 Å². The first-order valence-corrected chi connectivity index (χ1v) is 11.4. The molecular weight excluding hydrogens is 388 g/mol. The minimum atomic E-state index is -3.85. The number of hydrogen-bond donors (Lipinski definition) is 2. The van der Waals surface area contributed by atoms with E-state index >= 15 is 0 Å². The third kappa shape index (κ3) is 5.73. The fraction of sp³-hybridized carbons (Fsp3) is 0.409. The maximum Gasteiger partial charge on any atom is 0.335 e. The highest BCUT2D eigenvalue weighted by atomic mass is 32.2. The number of aromatic carboxylic acids is 1. The second kappa shape index (κ2) is 9.78. The summed E-state index contributed by atoms with van der Waals surface area (Å²) in [6.07, 6.45) is 1.96. The van der Waals surface area contributed by atoms with E-state index in [0.29, 0.717) is 18.2 Å². The van der Waals surface area contributed by atoms with Gasteiger partial charge in [-0.15, -0.1) is 0 Å². The Balaban J connectivity index is 2.44. The van der Waals surface area contributed by atoms with Gasteiger partial charge in [-0.2, -0.15) is 0 Å². The van der Waals surface area contributed by atoms with Crippen molar-refractivity contribution in [2.24, 2.45) is 0 Å². The molecule has 0 fully saturated rings. The van der Waals surface area contributed by atoms with Gasteiger partial charge in [0.2, 0.25) is 0 Å². The molecule has 0 heterocycles. The molecule has 0 aliphatic heterocycles. The van der Waals surface area contributed by atoms with Gasteiger partial charge in [0, 0.05) is 13.1 Å². The van der Waals surface area contributed by atoms with Gasteiger partial charge in [0.15, 0.2) is 0 Å². The van der Waals surface area contributed by atoms with Crippen LogP contribution in [0.3, 0.4) is 0 Å². The molecule has 158 valence electrons. The van der Waals surface area contributed by atoms with E-state index in [-0.39, 0.29) is 16.1 Å². The number of hydrogen-bond acceptors (Lipinski definition) is 4. The van der Waals surface area contributed by atoms with Crippen LogP contribution in [0.25, 0.3) is 0 Å². The van der Waals surface area contributed by atoms with E-state index in [1.165, 1.54) is 12.1 Å². The quantitative estimate of drug-likeness (QED) is 0.571.